The first-order valence-corrected chi connectivity index (χ1v) is 7.26. The lowest BCUT2D eigenvalue weighted by molar-refractivity contribution is 0.349. The molecule has 0 bridgehead atoms. The Morgan fingerprint density at radius 2 is 2.17 bits per heavy atom. The quantitative estimate of drug-likeness (QED) is 0.835. The van der Waals surface area contributed by atoms with E-state index >= 15 is 0 Å². The Hall–Kier alpha value is -0.440. The number of benzene rings is 1. The summed E-state index contributed by atoms with van der Waals surface area (Å²) in [6.07, 6.45) is 0.950. The van der Waals surface area contributed by atoms with Gasteiger partial charge in [-0.1, -0.05) is 25.4 Å². The standard InChI is InChI=1S/C14H19Cl2NO/c1-9(2)13(7-15)17-8-11-6-12(16)5-10-3-4-18-14(10)11/h5-6,9,13,17H,3-4,7-8H2,1-2H3. The molecule has 1 N–H and O–H groups in total. The molecule has 2 rings (SSSR count). The molecule has 0 fully saturated rings. The lowest BCUT2D eigenvalue weighted by atomic mass is 10.0. The van der Waals surface area contributed by atoms with E-state index < -0.39 is 0 Å². The Labute approximate surface area is 119 Å². The van der Waals surface area contributed by atoms with E-state index in [0.29, 0.717) is 17.8 Å². The van der Waals surface area contributed by atoms with Crippen LogP contribution in [0.25, 0.3) is 0 Å². The van der Waals surface area contributed by atoms with Gasteiger partial charge in [0, 0.05) is 35.5 Å². The number of alkyl halides is 1. The first kappa shape index (κ1) is 14.0. The molecule has 18 heavy (non-hydrogen) atoms. The number of rotatable bonds is 5. The monoisotopic (exact) mass is 287 g/mol. The van der Waals surface area contributed by atoms with Gasteiger partial charge in [-0.25, -0.2) is 0 Å². The molecule has 1 aliphatic heterocycles. The molecule has 4 heteroatoms. The Kier molecular flexibility index (Phi) is 4.77. The average Bonchev–Trinajstić information content (AvgIpc) is 2.77. The third-order valence-electron chi connectivity index (χ3n) is 3.35. The van der Waals surface area contributed by atoms with Crippen LogP contribution >= 0.6 is 23.2 Å². The zero-order chi connectivity index (χ0) is 13.1. The second-order valence-corrected chi connectivity index (χ2v) is 5.78. The van der Waals surface area contributed by atoms with Crippen molar-refractivity contribution in [3.8, 4) is 5.75 Å². The topological polar surface area (TPSA) is 21.3 Å². The van der Waals surface area contributed by atoms with E-state index in [1.54, 1.807) is 0 Å². The van der Waals surface area contributed by atoms with Crippen LogP contribution in [0.4, 0.5) is 0 Å². The van der Waals surface area contributed by atoms with Crippen molar-refractivity contribution >= 4 is 23.2 Å². The van der Waals surface area contributed by atoms with Gasteiger partial charge < -0.3 is 10.1 Å². The van der Waals surface area contributed by atoms with E-state index in [2.05, 4.69) is 19.2 Å². The molecule has 100 valence electrons. The highest BCUT2D eigenvalue weighted by molar-refractivity contribution is 6.30. The fraction of sp³-hybridized carbons (Fsp3) is 0.571. The summed E-state index contributed by atoms with van der Waals surface area (Å²) in [4.78, 5) is 0. The molecule has 0 radical (unpaired) electrons. The van der Waals surface area contributed by atoms with Crippen LogP contribution in [0.15, 0.2) is 12.1 Å². The number of nitrogens with one attached hydrogen (secondary N) is 1. The highest BCUT2D eigenvalue weighted by Crippen LogP contribution is 2.32. The van der Waals surface area contributed by atoms with Gasteiger partial charge >= 0.3 is 0 Å². The van der Waals surface area contributed by atoms with Gasteiger partial charge in [-0.2, -0.15) is 0 Å². The Morgan fingerprint density at radius 1 is 1.39 bits per heavy atom. The molecule has 0 spiro atoms. The summed E-state index contributed by atoms with van der Waals surface area (Å²) >= 11 is 12.1. The van der Waals surface area contributed by atoms with Gasteiger partial charge in [0.15, 0.2) is 0 Å². The van der Waals surface area contributed by atoms with E-state index in [1.165, 1.54) is 5.56 Å². The Bertz CT molecular complexity index is 421. The van der Waals surface area contributed by atoms with Crippen LogP contribution in [0, 0.1) is 5.92 Å². The third-order valence-corrected chi connectivity index (χ3v) is 3.90. The van der Waals surface area contributed by atoms with Gasteiger partial charge in [0.05, 0.1) is 6.61 Å². The molecule has 1 unspecified atom stereocenters. The van der Waals surface area contributed by atoms with E-state index in [0.717, 1.165) is 35.9 Å². The van der Waals surface area contributed by atoms with Crippen molar-refractivity contribution in [1.29, 1.82) is 0 Å². The van der Waals surface area contributed by atoms with Crippen LogP contribution in [0.2, 0.25) is 5.02 Å². The van der Waals surface area contributed by atoms with Crippen molar-refractivity contribution in [3.63, 3.8) is 0 Å². The van der Waals surface area contributed by atoms with Gasteiger partial charge in [-0.05, 0) is 23.6 Å². The zero-order valence-corrected chi connectivity index (χ0v) is 12.3. The van der Waals surface area contributed by atoms with Crippen LogP contribution in [0.5, 0.6) is 5.75 Å². The molecule has 0 saturated heterocycles. The smallest absolute Gasteiger partial charge is 0.127 e. The molecule has 1 aromatic carbocycles. The Morgan fingerprint density at radius 3 is 2.83 bits per heavy atom. The van der Waals surface area contributed by atoms with E-state index in [4.69, 9.17) is 27.9 Å². The fourth-order valence-electron chi connectivity index (χ4n) is 2.19. The molecule has 1 aliphatic rings. The zero-order valence-electron chi connectivity index (χ0n) is 10.8. The maximum Gasteiger partial charge on any atom is 0.127 e. The third kappa shape index (κ3) is 3.11. The van der Waals surface area contributed by atoms with Crippen LogP contribution in [-0.4, -0.2) is 18.5 Å². The van der Waals surface area contributed by atoms with Crippen LogP contribution in [0.3, 0.4) is 0 Å². The number of hydrogen-bond acceptors (Lipinski definition) is 2. The minimum absolute atomic E-state index is 0.308. The summed E-state index contributed by atoms with van der Waals surface area (Å²) in [5.74, 6) is 2.13. The first-order valence-electron chi connectivity index (χ1n) is 6.35. The molecule has 0 aliphatic carbocycles. The van der Waals surface area contributed by atoms with Crippen LogP contribution < -0.4 is 10.1 Å². The predicted octanol–water partition coefficient (Wildman–Crippen LogP) is 3.63. The molecule has 1 aromatic rings. The number of hydrogen-bond donors (Lipinski definition) is 1. The van der Waals surface area contributed by atoms with Crippen molar-refractivity contribution in [2.24, 2.45) is 5.92 Å². The highest BCUT2D eigenvalue weighted by Gasteiger charge is 2.19. The van der Waals surface area contributed by atoms with Crippen LogP contribution in [-0.2, 0) is 13.0 Å². The summed E-state index contributed by atoms with van der Waals surface area (Å²) in [5, 5.41) is 4.25. The second kappa shape index (κ2) is 6.14. The van der Waals surface area contributed by atoms with Gasteiger partial charge in [-0.15, -0.1) is 11.6 Å². The number of ether oxygens (including phenoxy) is 1. The summed E-state index contributed by atoms with van der Waals surface area (Å²) < 4.78 is 5.68. The minimum atomic E-state index is 0.308. The van der Waals surface area contributed by atoms with E-state index in [1.807, 2.05) is 12.1 Å². The highest BCUT2D eigenvalue weighted by atomic mass is 35.5. The average molecular weight is 288 g/mol. The Balaban J connectivity index is 2.10. The number of fused-ring (bicyclic) bond motifs is 1. The van der Waals surface area contributed by atoms with Crippen LogP contribution in [0.1, 0.15) is 25.0 Å². The summed E-state index contributed by atoms with van der Waals surface area (Å²) in [7, 11) is 0. The molecule has 0 amide bonds. The molecule has 1 atom stereocenters. The van der Waals surface area contributed by atoms with E-state index in [9.17, 15) is 0 Å². The van der Waals surface area contributed by atoms with E-state index in [-0.39, 0.29) is 0 Å². The molecule has 2 nitrogen and oxygen atoms in total. The largest absolute Gasteiger partial charge is 0.493 e. The predicted molar refractivity (Wildman–Crippen MR) is 76.8 cm³/mol. The minimum Gasteiger partial charge on any atom is -0.493 e. The first-order chi connectivity index (χ1) is 8.61. The second-order valence-electron chi connectivity index (χ2n) is 5.04. The number of halogens is 2. The van der Waals surface area contributed by atoms with Crippen molar-refractivity contribution in [1.82, 2.24) is 5.32 Å². The molecule has 1 heterocycles. The van der Waals surface area contributed by atoms with Gasteiger partial charge in [0.1, 0.15) is 5.75 Å². The van der Waals surface area contributed by atoms with Gasteiger partial charge in [0.2, 0.25) is 0 Å². The molecule has 0 aromatic heterocycles. The van der Waals surface area contributed by atoms with Gasteiger partial charge in [-0.3, -0.25) is 0 Å². The summed E-state index contributed by atoms with van der Waals surface area (Å²) in [6, 6.07) is 4.28. The van der Waals surface area contributed by atoms with Crippen molar-refractivity contribution < 1.29 is 4.74 Å². The van der Waals surface area contributed by atoms with Gasteiger partial charge in [0.25, 0.3) is 0 Å². The summed E-state index contributed by atoms with van der Waals surface area (Å²) in [5.41, 5.74) is 2.34. The molecular formula is C14H19Cl2NO. The lowest BCUT2D eigenvalue weighted by Crippen LogP contribution is -2.35. The fourth-order valence-corrected chi connectivity index (χ4v) is 2.92. The summed E-state index contributed by atoms with van der Waals surface area (Å²) in [6.45, 7) is 5.84. The lowest BCUT2D eigenvalue weighted by Gasteiger charge is -2.20. The van der Waals surface area contributed by atoms with Crippen molar-refractivity contribution in [3.05, 3.63) is 28.3 Å². The maximum absolute atomic E-state index is 6.13. The molecular weight excluding hydrogens is 269 g/mol. The van der Waals surface area contributed by atoms with Crippen molar-refractivity contribution in [2.75, 3.05) is 12.5 Å². The van der Waals surface area contributed by atoms with Crippen molar-refractivity contribution in [2.45, 2.75) is 32.9 Å². The SMILES string of the molecule is CC(C)C(CCl)NCc1cc(Cl)cc2c1OCC2. The maximum atomic E-state index is 6.13. The normalized spacial score (nSPS) is 15.6. The molecule has 0 saturated carbocycles.